The number of rotatable bonds is 5. The number of amides is 1. The van der Waals surface area contributed by atoms with Gasteiger partial charge in [-0.25, -0.2) is 0 Å². The van der Waals surface area contributed by atoms with Gasteiger partial charge in [0.15, 0.2) is 11.5 Å². The number of hydrogen-bond acceptors (Lipinski definition) is 4. The molecule has 0 unspecified atom stereocenters. The summed E-state index contributed by atoms with van der Waals surface area (Å²) in [5.41, 5.74) is 4.64. The van der Waals surface area contributed by atoms with E-state index in [0.29, 0.717) is 29.6 Å². The predicted molar refractivity (Wildman–Crippen MR) is 118 cm³/mol. The lowest BCUT2D eigenvalue weighted by atomic mass is 10.1. The molecule has 1 aliphatic rings. The van der Waals surface area contributed by atoms with E-state index < -0.39 is 0 Å². The van der Waals surface area contributed by atoms with Crippen molar-refractivity contribution in [3.05, 3.63) is 58.1 Å². The summed E-state index contributed by atoms with van der Waals surface area (Å²) in [4.78, 5) is 16.9. The molecule has 3 rings (SSSR count). The Morgan fingerprint density at radius 3 is 2.45 bits per heavy atom. The van der Waals surface area contributed by atoms with Crippen LogP contribution in [-0.4, -0.2) is 51.2 Å². The molecule has 1 saturated heterocycles. The fraction of sp³-hybridized carbons (Fsp3) is 0.348. The largest absolute Gasteiger partial charge is 0.493 e. The van der Waals surface area contributed by atoms with E-state index in [9.17, 15) is 4.79 Å². The molecular weight excluding hydrogens is 388 g/mol. The van der Waals surface area contributed by atoms with E-state index in [0.717, 1.165) is 18.7 Å². The van der Waals surface area contributed by atoms with Crippen LogP contribution in [0.3, 0.4) is 0 Å². The number of carbonyl (C=O) groups excluding carboxylic acids is 1. The molecule has 0 atom stereocenters. The van der Waals surface area contributed by atoms with Crippen molar-refractivity contribution in [2.24, 2.45) is 0 Å². The van der Waals surface area contributed by atoms with Crippen molar-refractivity contribution >= 4 is 29.3 Å². The lowest BCUT2D eigenvalue weighted by Crippen LogP contribution is -2.48. The van der Waals surface area contributed by atoms with Crippen LogP contribution in [0.2, 0.25) is 5.02 Å². The third-order valence-electron chi connectivity index (χ3n) is 5.38. The van der Waals surface area contributed by atoms with Gasteiger partial charge in [0.2, 0.25) is 5.91 Å². The Kier molecular flexibility index (Phi) is 6.70. The van der Waals surface area contributed by atoms with Crippen LogP contribution in [0, 0.1) is 13.8 Å². The minimum atomic E-state index is -0.00322. The average Bonchev–Trinajstić information content (AvgIpc) is 2.73. The highest BCUT2D eigenvalue weighted by Gasteiger charge is 2.21. The minimum absolute atomic E-state index is 0.00322. The first-order chi connectivity index (χ1) is 13.9. The van der Waals surface area contributed by atoms with E-state index in [1.807, 2.05) is 4.90 Å². The minimum Gasteiger partial charge on any atom is -0.493 e. The molecule has 1 heterocycles. The SMILES string of the molecule is COc1cc(C=CC(=O)N2CCN(c3cccc(C)c3C)CC2)cc(Cl)c1OC. The van der Waals surface area contributed by atoms with Crippen LogP contribution in [0.15, 0.2) is 36.4 Å². The van der Waals surface area contributed by atoms with Gasteiger partial charge in [0.25, 0.3) is 0 Å². The maximum Gasteiger partial charge on any atom is 0.246 e. The smallest absolute Gasteiger partial charge is 0.246 e. The fourth-order valence-corrected chi connectivity index (χ4v) is 3.85. The van der Waals surface area contributed by atoms with Crippen LogP contribution in [0.1, 0.15) is 16.7 Å². The van der Waals surface area contributed by atoms with E-state index in [1.54, 1.807) is 38.5 Å². The lowest BCUT2D eigenvalue weighted by molar-refractivity contribution is -0.126. The Morgan fingerprint density at radius 1 is 1.07 bits per heavy atom. The number of halogens is 1. The third-order valence-corrected chi connectivity index (χ3v) is 5.66. The van der Waals surface area contributed by atoms with E-state index in [2.05, 4.69) is 36.9 Å². The van der Waals surface area contributed by atoms with Gasteiger partial charge in [-0.1, -0.05) is 23.7 Å². The lowest BCUT2D eigenvalue weighted by Gasteiger charge is -2.36. The molecule has 1 aliphatic heterocycles. The maximum atomic E-state index is 12.6. The zero-order chi connectivity index (χ0) is 21.0. The molecule has 1 amide bonds. The standard InChI is InChI=1S/C23H27ClN2O3/c1-16-6-5-7-20(17(16)2)25-10-12-26(13-11-25)22(27)9-8-18-14-19(24)23(29-4)21(15-18)28-3/h5-9,14-15H,10-13H2,1-4H3. The summed E-state index contributed by atoms with van der Waals surface area (Å²) in [7, 11) is 3.10. The van der Waals surface area contributed by atoms with Crippen molar-refractivity contribution in [1.29, 1.82) is 0 Å². The monoisotopic (exact) mass is 414 g/mol. The molecule has 1 fully saturated rings. The number of aryl methyl sites for hydroxylation is 1. The van der Waals surface area contributed by atoms with Gasteiger partial charge in [0.05, 0.1) is 19.2 Å². The highest BCUT2D eigenvalue weighted by Crippen LogP contribution is 2.36. The Balaban J connectivity index is 1.64. The number of methoxy groups -OCH3 is 2. The van der Waals surface area contributed by atoms with Gasteiger partial charge in [0, 0.05) is 37.9 Å². The molecule has 0 spiro atoms. The molecule has 2 aromatic carbocycles. The summed E-state index contributed by atoms with van der Waals surface area (Å²) in [6.07, 6.45) is 3.35. The summed E-state index contributed by atoms with van der Waals surface area (Å²) >= 11 is 6.24. The van der Waals surface area contributed by atoms with Crippen molar-refractivity contribution in [2.45, 2.75) is 13.8 Å². The maximum absolute atomic E-state index is 12.6. The Bertz CT molecular complexity index is 919. The molecule has 5 nitrogen and oxygen atoms in total. The number of ether oxygens (including phenoxy) is 2. The van der Waals surface area contributed by atoms with E-state index >= 15 is 0 Å². The van der Waals surface area contributed by atoms with Gasteiger partial charge >= 0.3 is 0 Å². The van der Waals surface area contributed by atoms with Crippen LogP contribution in [0.4, 0.5) is 5.69 Å². The van der Waals surface area contributed by atoms with E-state index in [4.69, 9.17) is 21.1 Å². The second kappa shape index (κ2) is 9.23. The second-order valence-corrected chi connectivity index (χ2v) is 7.51. The highest BCUT2D eigenvalue weighted by molar-refractivity contribution is 6.32. The van der Waals surface area contributed by atoms with Gasteiger partial charge in [-0.3, -0.25) is 4.79 Å². The number of nitrogens with zero attached hydrogens (tertiary/aromatic N) is 2. The molecule has 0 bridgehead atoms. The molecule has 0 saturated carbocycles. The topological polar surface area (TPSA) is 42.0 Å². The van der Waals surface area contributed by atoms with Crippen LogP contribution < -0.4 is 14.4 Å². The van der Waals surface area contributed by atoms with Gasteiger partial charge in [-0.05, 0) is 54.8 Å². The number of piperazine rings is 1. The second-order valence-electron chi connectivity index (χ2n) is 7.10. The van der Waals surface area contributed by atoms with Crippen molar-refractivity contribution in [2.75, 3.05) is 45.3 Å². The fourth-order valence-electron chi connectivity index (χ4n) is 3.55. The average molecular weight is 415 g/mol. The highest BCUT2D eigenvalue weighted by atomic mass is 35.5. The van der Waals surface area contributed by atoms with E-state index in [1.165, 1.54) is 16.8 Å². The summed E-state index contributed by atoms with van der Waals surface area (Å²) < 4.78 is 10.6. The van der Waals surface area contributed by atoms with Gasteiger partial charge in [-0.15, -0.1) is 0 Å². The summed E-state index contributed by atoms with van der Waals surface area (Å²) in [6, 6.07) is 9.93. The number of hydrogen-bond donors (Lipinski definition) is 0. The van der Waals surface area contributed by atoms with Crippen LogP contribution >= 0.6 is 11.6 Å². The summed E-state index contributed by atoms with van der Waals surface area (Å²) in [6.45, 7) is 7.33. The van der Waals surface area contributed by atoms with Crippen molar-refractivity contribution in [3.8, 4) is 11.5 Å². The Labute approximate surface area is 177 Å². The molecule has 0 N–H and O–H groups in total. The van der Waals surface area contributed by atoms with Crippen molar-refractivity contribution in [3.63, 3.8) is 0 Å². The molecule has 29 heavy (non-hydrogen) atoms. The summed E-state index contributed by atoms with van der Waals surface area (Å²) in [5.74, 6) is 1.02. The van der Waals surface area contributed by atoms with Crippen LogP contribution in [0.5, 0.6) is 11.5 Å². The zero-order valence-corrected chi connectivity index (χ0v) is 18.1. The molecule has 6 heteroatoms. The first-order valence-corrected chi connectivity index (χ1v) is 10.0. The first-order valence-electron chi connectivity index (χ1n) is 9.64. The molecule has 0 radical (unpaired) electrons. The van der Waals surface area contributed by atoms with Crippen molar-refractivity contribution < 1.29 is 14.3 Å². The summed E-state index contributed by atoms with van der Waals surface area (Å²) in [5, 5.41) is 0.445. The van der Waals surface area contributed by atoms with Gasteiger partial charge in [-0.2, -0.15) is 0 Å². The first kappa shape index (κ1) is 21.1. The molecular formula is C23H27ClN2O3. The number of benzene rings is 2. The Hall–Kier alpha value is -2.66. The number of anilines is 1. The molecule has 154 valence electrons. The van der Waals surface area contributed by atoms with E-state index in [-0.39, 0.29) is 5.91 Å². The van der Waals surface area contributed by atoms with Gasteiger partial charge < -0.3 is 19.3 Å². The molecule has 0 aliphatic carbocycles. The van der Waals surface area contributed by atoms with Gasteiger partial charge in [0.1, 0.15) is 0 Å². The third kappa shape index (κ3) is 4.67. The molecule has 2 aromatic rings. The van der Waals surface area contributed by atoms with Crippen LogP contribution in [0.25, 0.3) is 6.08 Å². The Morgan fingerprint density at radius 2 is 1.79 bits per heavy atom. The number of carbonyl (C=O) groups is 1. The quantitative estimate of drug-likeness (QED) is 0.682. The van der Waals surface area contributed by atoms with Crippen molar-refractivity contribution in [1.82, 2.24) is 4.90 Å². The molecule has 0 aromatic heterocycles. The predicted octanol–water partition coefficient (Wildman–Crippen LogP) is 4.34. The zero-order valence-electron chi connectivity index (χ0n) is 17.4. The normalized spacial score (nSPS) is 14.4. The van der Waals surface area contributed by atoms with Crippen LogP contribution in [-0.2, 0) is 4.79 Å².